The number of methoxy groups -OCH3 is 1. The quantitative estimate of drug-likeness (QED) is 0.445. The van der Waals surface area contributed by atoms with Crippen LogP contribution in [-0.4, -0.2) is 62.2 Å². The normalized spacial score (nSPS) is 15.6. The minimum absolute atomic E-state index is 0.205. The molecule has 2 aromatic heterocycles. The van der Waals surface area contributed by atoms with Crippen molar-refractivity contribution < 1.29 is 19.1 Å². The number of thiazole rings is 1. The van der Waals surface area contributed by atoms with Crippen LogP contribution in [0.1, 0.15) is 35.7 Å². The summed E-state index contributed by atoms with van der Waals surface area (Å²) in [6.07, 6.45) is 2.35. The lowest BCUT2D eigenvalue weighted by Gasteiger charge is -2.30. The third-order valence-electron chi connectivity index (χ3n) is 4.88. The van der Waals surface area contributed by atoms with Crippen molar-refractivity contribution in [1.82, 2.24) is 30.1 Å². The van der Waals surface area contributed by atoms with Gasteiger partial charge in [0, 0.05) is 24.4 Å². The molecule has 1 amide bonds. The highest BCUT2D eigenvalue weighted by atomic mass is 32.1. The van der Waals surface area contributed by atoms with Gasteiger partial charge < -0.3 is 14.4 Å². The number of rotatable bonds is 5. The molecule has 0 radical (unpaired) electrons. The van der Waals surface area contributed by atoms with Crippen molar-refractivity contribution in [3.63, 3.8) is 0 Å². The SMILES string of the molecule is COC(=O)C(=O)N1CCC(c2nc(C(Oc3ccccc3)n3cnnn3)cs2)CC1. The van der Waals surface area contributed by atoms with Crippen LogP contribution < -0.4 is 4.74 Å². The summed E-state index contributed by atoms with van der Waals surface area (Å²) in [4.78, 5) is 29.7. The zero-order valence-electron chi connectivity index (χ0n) is 16.2. The summed E-state index contributed by atoms with van der Waals surface area (Å²) < 4.78 is 12.1. The first kappa shape index (κ1) is 20.0. The number of piperidine rings is 1. The van der Waals surface area contributed by atoms with E-state index in [9.17, 15) is 9.59 Å². The maximum atomic E-state index is 12.0. The molecule has 3 aromatic rings. The van der Waals surface area contributed by atoms with E-state index in [0.29, 0.717) is 24.5 Å². The summed E-state index contributed by atoms with van der Waals surface area (Å²) in [6, 6.07) is 9.41. The van der Waals surface area contributed by atoms with Crippen LogP contribution in [0.15, 0.2) is 42.0 Å². The van der Waals surface area contributed by atoms with Gasteiger partial charge in [-0.05, 0) is 35.4 Å². The standard InChI is InChI=1S/C19H20N6O4S/c1-28-19(27)17(26)24-9-7-13(8-10-24)16-21-15(11-30-16)18(25-12-20-22-23-25)29-14-5-3-2-4-6-14/h2-6,11-13,18H,7-10H2,1H3. The van der Waals surface area contributed by atoms with E-state index >= 15 is 0 Å². The van der Waals surface area contributed by atoms with Crippen LogP contribution in [0, 0.1) is 0 Å². The number of nitrogens with zero attached hydrogens (tertiary/aromatic N) is 6. The van der Waals surface area contributed by atoms with Crippen molar-refractivity contribution in [2.75, 3.05) is 20.2 Å². The lowest BCUT2D eigenvalue weighted by molar-refractivity contribution is -0.158. The molecule has 1 aliphatic heterocycles. The summed E-state index contributed by atoms with van der Waals surface area (Å²) in [5, 5.41) is 14.3. The van der Waals surface area contributed by atoms with Gasteiger partial charge in [-0.15, -0.1) is 16.4 Å². The Bertz CT molecular complexity index is 986. The molecule has 3 heterocycles. The first-order valence-corrected chi connectivity index (χ1v) is 10.3. The van der Waals surface area contributed by atoms with Crippen LogP contribution >= 0.6 is 11.3 Å². The first-order valence-electron chi connectivity index (χ1n) is 9.42. The van der Waals surface area contributed by atoms with Crippen molar-refractivity contribution in [3.05, 3.63) is 52.7 Å². The number of benzene rings is 1. The molecule has 11 heteroatoms. The van der Waals surface area contributed by atoms with E-state index < -0.39 is 18.1 Å². The van der Waals surface area contributed by atoms with Gasteiger partial charge in [-0.2, -0.15) is 4.68 Å². The third-order valence-corrected chi connectivity index (χ3v) is 5.91. The molecular weight excluding hydrogens is 408 g/mol. The Morgan fingerprint density at radius 1 is 1.20 bits per heavy atom. The van der Waals surface area contributed by atoms with Crippen molar-refractivity contribution >= 4 is 23.2 Å². The number of hydrogen-bond donors (Lipinski definition) is 0. The van der Waals surface area contributed by atoms with Crippen LogP contribution in [0.4, 0.5) is 0 Å². The van der Waals surface area contributed by atoms with Crippen molar-refractivity contribution in [2.24, 2.45) is 0 Å². The molecule has 10 nitrogen and oxygen atoms in total. The lowest BCUT2D eigenvalue weighted by atomic mass is 9.97. The summed E-state index contributed by atoms with van der Waals surface area (Å²) in [5.74, 6) is -0.531. The molecule has 1 unspecified atom stereocenters. The number of amides is 1. The number of carbonyl (C=O) groups excluding carboxylic acids is 2. The van der Waals surface area contributed by atoms with Crippen molar-refractivity contribution in [2.45, 2.75) is 25.0 Å². The van der Waals surface area contributed by atoms with Crippen LogP contribution in [0.2, 0.25) is 0 Å². The molecular formula is C19H20N6O4S. The highest BCUT2D eigenvalue weighted by Gasteiger charge is 2.30. The smallest absolute Gasteiger partial charge is 0.396 e. The molecule has 1 aromatic carbocycles. The fourth-order valence-electron chi connectivity index (χ4n) is 3.30. The number of tetrazole rings is 1. The van der Waals surface area contributed by atoms with Crippen molar-refractivity contribution in [1.29, 1.82) is 0 Å². The largest absolute Gasteiger partial charge is 0.463 e. The summed E-state index contributed by atoms with van der Waals surface area (Å²) in [5.41, 5.74) is 0.708. The number of ether oxygens (including phenoxy) is 2. The van der Waals surface area contributed by atoms with Gasteiger partial charge in [0.25, 0.3) is 0 Å². The van der Waals surface area contributed by atoms with Crippen molar-refractivity contribution in [3.8, 4) is 5.75 Å². The molecule has 30 heavy (non-hydrogen) atoms. The fourth-order valence-corrected chi connectivity index (χ4v) is 4.30. The van der Waals surface area contributed by atoms with Gasteiger partial charge in [0.15, 0.2) is 0 Å². The minimum Gasteiger partial charge on any atom is -0.463 e. The minimum atomic E-state index is -0.827. The van der Waals surface area contributed by atoms with E-state index in [1.165, 1.54) is 23.0 Å². The number of aromatic nitrogens is 5. The Hall–Kier alpha value is -3.34. The average Bonchev–Trinajstić information content (AvgIpc) is 3.50. The zero-order valence-corrected chi connectivity index (χ0v) is 17.1. The molecule has 0 saturated carbocycles. The van der Waals surface area contributed by atoms with E-state index in [1.807, 2.05) is 35.7 Å². The summed E-state index contributed by atoms with van der Waals surface area (Å²) in [6.45, 7) is 0.981. The van der Waals surface area contributed by atoms with E-state index in [4.69, 9.17) is 9.72 Å². The maximum absolute atomic E-state index is 12.0. The predicted octanol–water partition coefficient (Wildman–Crippen LogP) is 1.63. The molecule has 0 aliphatic carbocycles. The van der Waals surface area contributed by atoms with Gasteiger partial charge >= 0.3 is 11.9 Å². The van der Waals surface area contributed by atoms with Gasteiger partial charge in [0.2, 0.25) is 6.23 Å². The highest BCUT2D eigenvalue weighted by molar-refractivity contribution is 7.09. The second-order valence-corrected chi connectivity index (χ2v) is 7.63. The second kappa shape index (κ2) is 8.99. The molecule has 1 aliphatic rings. The van der Waals surface area contributed by atoms with Crippen LogP contribution in [0.5, 0.6) is 5.75 Å². The van der Waals surface area contributed by atoms with Gasteiger partial charge in [-0.3, -0.25) is 4.79 Å². The number of carbonyl (C=O) groups is 2. The Morgan fingerprint density at radius 3 is 2.63 bits per heavy atom. The monoisotopic (exact) mass is 428 g/mol. The molecule has 0 spiro atoms. The van der Waals surface area contributed by atoms with Crippen LogP contribution in [-0.2, 0) is 14.3 Å². The summed E-state index contributed by atoms with van der Waals surface area (Å²) >= 11 is 1.54. The van der Waals surface area contributed by atoms with Gasteiger partial charge in [-0.1, -0.05) is 18.2 Å². The van der Waals surface area contributed by atoms with Gasteiger partial charge in [0.1, 0.15) is 17.8 Å². The maximum Gasteiger partial charge on any atom is 0.396 e. The topological polar surface area (TPSA) is 112 Å². The van der Waals surface area contributed by atoms with Crippen LogP contribution in [0.25, 0.3) is 0 Å². The third kappa shape index (κ3) is 4.30. The van der Waals surface area contributed by atoms with E-state index in [1.54, 1.807) is 11.3 Å². The average molecular weight is 428 g/mol. The van der Waals surface area contributed by atoms with E-state index in [-0.39, 0.29) is 5.92 Å². The summed E-state index contributed by atoms with van der Waals surface area (Å²) in [7, 11) is 1.21. The molecule has 1 fully saturated rings. The predicted molar refractivity (Wildman–Crippen MR) is 106 cm³/mol. The number of esters is 1. The number of hydrogen-bond acceptors (Lipinski definition) is 9. The Balaban J connectivity index is 1.47. The molecule has 1 atom stereocenters. The Morgan fingerprint density at radius 2 is 1.97 bits per heavy atom. The second-order valence-electron chi connectivity index (χ2n) is 6.74. The highest BCUT2D eigenvalue weighted by Crippen LogP contribution is 2.33. The zero-order chi connectivity index (χ0) is 20.9. The fraction of sp³-hybridized carbons (Fsp3) is 0.368. The number of likely N-dealkylation sites (tertiary alicyclic amines) is 1. The molecule has 4 rings (SSSR count). The molecule has 0 N–H and O–H groups in total. The Labute approximate surface area is 176 Å². The molecule has 0 bridgehead atoms. The first-order chi connectivity index (χ1) is 14.7. The van der Waals surface area contributed by atoms with Crippen LogP contribution in [0.3, 0.4) is 0 Å². The Kier molecular flexibility index (Phi) is 5.98. The number of para-hydroxylation sites is 1. The van der Waals surface area contributed by atoms with Gasteiger partial charge in [-0.25, -0.2) is 9.78 Å². The van der Waals surface area contributed by atoms with E-state index in [2.05, 4.69) is 20.3 Å². The van der Waals surface area contributed by atoms with Gasteiger partial charge in [0.05, 0.1) is 12.1 Å². The molecule has 1 saturated heterocycles. The lowest BCUT2D eigenvalue weighted by Crippen LogP contribution is -2.42. The van der Waals surface area contributed by atoms with E-state index in [0.717, 1.165) is 17.8 Å². The molecule has 156 valence electrons.